The first kappa shape index (κ1) is 15.8. The first-order valence-corrected chi connectivity index (χ1v) is 7.62. The molecular formula is C15H18F3N5. The van der Waals surface area contributed by atoms with E-state index in [9.17, 15) is 13.2 Å². The summed E-state index contributed by atoms with van der Waals surface area (Å²) in [5.74, 6) is -0.876. The van der Waals surface area contributed by atoms with Crippen LogP contribution in [-0.2, 0) is 0 Å². The van der Waals surface area contributed by atoms with Crippen LogP contribution in [0.1, 0.15) is 31.2 Å². The minimum absolute atomic E-state index is 0.0598. The summed E-state index contributed by atoms with van der Waals surface area (Å²) in [7, 11) is 0. The van der Waals surface area contributed by atoms with Gasteiger partial charge < -0.3 is 5.32 Å². The summed E-state index contributed by atoms with van der Waals surface area (Å²) in [6.45, 7) is 1.97. The van der Waals surface area contributed by atoms with E-state index in [0.29, 0.717) is 18.8 Å². The number of alkyl halides is 3. The van der Waals surface area contributed by atoms with Gasteiger partial charge in [-0.25, -0.2) is 0 Å². The highest BCUT2D eigenvalue weighted by Gasteiger charge is 2.42. The van der Waals surface area contributed by atoms with E-state index in [-0.39, 0.29) is 18.9 Å². The van der Waals surface area contributed by atoms with Gasteiger partial charge in [-0.05, 0) is 48.7 Å². The van der Waals surface area contributed by atoms with Crippen molar-refractivity contribution in [2.75, 3.05) is 5.32 Å². The SMILES string of the molecule is Cc1ccc(-n2nnnc2NC2CCCC(C(F)(F)F)C2)cc1. The smallest absolute Gasteiger partial charge is 0.350 e. The van der Waals surface area contributed by atoms with Crippen LogP contribution in [0.5, 0.6) is 0 Å². The van der Waals surface area contributed by atoms with Crippen molar-refractivity contribution in [2.24, 2.45) is 5.92 Å². The molecule has 0 bridgehead atoms. The number of tetrazole rings is 1. The Hall–Kier alpha value is -2.12. The molecule has 124 valence electrons. The van der Waals surface area contributed by atoms with E-state index in [1.54, 1.807) is 0 Å². The number of aromatic nitrogens is 4. The summed E-state index contributed by atoms with van der Waals surface area (Å²) in [6, 6.07) is 7.33. The van der Waals surface area contributed by atoms with Crippen molar-refractivity contribution in [2.45, 2.75) is 44.8 Å². The second kappa shape index (κ2) is 6.17. The van der Waals surface area contributed by atoms with Crippen molar-refractivity contribution in [1.29, 1.82) is 0 Å². The lowest BCUT2D eigenvalue weighted by atomic mass is 9.85. The number of hydrogen-bond donors (Lipinski definition) is 1. The Labute approximate surface area is 131 Å². The van der Waals surface area contributed by atoms with Gasteiger partial charge in [-0.2, -0.15) is 17.9 Å². The average Bonchev–Trinajstić information content (AvgIpc) is 2.95. The monoisotopic (exact) mass is 325 g/mol. The van der Waals surface area contributed by atoms with Gasteiger partial charge in [0.1, 0.15) is 0 Å². The second-order valence-corrected chi connectivity index (χ2v) is 6.00. The number of halogens is 3. The van der Waals surface area contributed by atoms with Crippen LogP contribution in [0.15, 0.2) is 24.3 Å². The largest absolute Gasteiger partial charge is 0.391 e. The Morgan fingerprint density at radius 1 is 1.17 bits per heavy atom. The number of nitrogens with one attached hydrogen (secondary N) is 1. The molecule has 1 aromatic heterocycles. The lowest BCUT2D eigenvalue weighted by Gasteiger charge is -2.31. The zero-order valence-corrected chi connectivity index (χ0v) is 12.7. The lowest BCUT2D eigenvalue weighted by Crippen LogP contribution is -2.35. The minimum Gasteiger partial charge on any atom is -0.350 e. The Morgan fingerprint density at radius 3 is 2.61 bits per heavy atom. The van der Waals surface area contributed by atoms with Crippen LogP contribution in [0, 0.1) is 12.8 Å². The van der Waals surface area contributed by atoms with Crippen LogP contribution < -0.4 is 5.32 Å². The van der Waals surface area contributed by atoms with Crippen LogP contribution >= 0.6 is 0 Å². The second-order valence-electron chi connectivity index (χ2n) is 6.00. The van der Waals surface area contributed by atoms with Gasteiger partial charge in [0.25, 0.3) is 0 Å². The van der Waals surface area contributed by atoms with E-state index < -0.39 is 12.1 Å². The molecule has 0 amide bonds. The predicted molar refractivity (Wildman–Crippen MR) is 79.3 cm³/mol. The highest BCUT2D eigenvalue weighted by molar-refractivity contribution is 5.40. The first-order chi connectivity index (χ1) is 10.9. The molecule has 0 radical (unpaired) electrons. The summed E-state index contributed by atoms with van der Waals surface area (Å²) in [5, 5.41) is 14.5. The zero-order chi connectivity index (χ0) is 16.4. The molecule has 0 spiro atoms. The fraction of sp³-hybridized carbons (Fsp3) is 0.533. The maximum atomic E-state index is 12.9. The molecule has 0 aliphatic heterocycles. The van der Waals surface area contributed by atoms with Gasteiger partial charge in [0.2, 0.25) is 5.95 Å². The Bertz CT molecular complexity index is 650. The van der Waals surface area contributed by atoms with Crippen molar-refractivity contribution in [1.82, 2.24) is 20.2 Å². The number of benzene rings is 1. The summed E-state index contributed by atoms with van der Waals surface area (Å²) in [5.41, 5.74) is 1.88. The van der Waals surface area contributed by atoms with Gasteiger partial charge >= 0.3 is 6.18 Å². The van der Waals surface area contributed by atoms with E-state index in [1.165, 1.54) is 4.68 Å². The van der Waals surface area contributed by atoms with E-state index in [2.05, 4.69) is 20.8 Å². The molecular weight excluding hydrogens is 307 g/mol. The van der Waals surface area contributed by atoms with E-state index in [4.69, 9.17) is 0 Å². The van der Waals surface area contributed by atoms with E-state index in [1.807, 2.05) is 31.2 Å². The van der Waals surface area contributed by atoms with Crippen molar-refractivity contribution in [3.8, 4) is 5.69 Å². The number of hydrogen-bond acceptors (Lipinski definition) is 4. The standard InChI is InChI=1S/C15H18F3N5/c1-10-5-7-13(8-6-10)23-14(20-21-22-23)19-12-4-2-3-11(9-12)15(16,17)18/h5-8,11-12H,2-4,9H2,1H3,(H,19,20,22). The van der Waals surface area contributed by atoms with Crippen molar-refractivity contribution >= 4 is 5.95 Å². The van der Waals surface area contributed by atoms with Crippen LogP contribution in [0.4, 0.5) is 19.1 Å². The van der Waals surface area contributed by atoms with E-state index in [0.717, 1.165) is 11.3 Å². The van der Waals surface area contributed by atoms with Gasteiger partial charge in [0.15, 0.2) is 0 Å². The van der Waals surface area contributed by atoms with Crippen LogP contribution in [0.25, 0.3) is 5.69 Å². The highest BCUT2D eigenvalue weighted by Crippen LogP contribution is 2.38. The average molecular weight is 325 g/mol. The molecule has 5 nitrogen and oxygen atoms in total. The van der Waals surface area contributed by atoms with Crippen molar-refractivity contribution in [3.63, 3.8) is 0 Å². The summed E-state index contributed by atoms with van der Waals surface area (Å²) in [4.78, 5) is 0. The third-order valence-electron chi connectivity index (χ3n) is 4.22. The van der Waals surface area contributed by atoms with Crippen molar-refractivity contribution in [3.05, 3.63) is 29.8 Å². The molecule has 1 N–H and O–H groups in total. The van der Waals surface area contributed by atoms with Crippen LogP contribution in [0.3, 0.4) is 0 Å². The number of rotatable bonds is 3. The molecule has 1 heterocycles. The molecule has 1 fully saturated rings. The normalized spacial score (nSPS) is 22.1. The lowest BCUT2D eigenvalue weighted by molar-refractivity contribution is -0.182. The molecule has 2 aromatic rings. The fourth-order valence-corrected chi connectivity index (χ4v) is 2.94. The molecule has 2 unspecified atom stereocenters. The maximum Gasteiger partial charge on any atom is 0.391 e. The third-order valence-corrected chi connectivity index (χ3v) is 4.22. The van der Waals surface area contributed by atoms with Gasteiger partial charge in [0.05, 0.1) is 11.6 Å². The molecule has 3 rings (SSSR count). The molecule has 2 atom stereocenters. The maximum absolute atomic E-state index is 12.9. The Morgan fingerprint density at radius 2 is 1.91 bits per heavy atom. The molecule has 23 heavy (non-hydrogen) atoms. The van der Waals surface area contributed by atoms with Gasteiger partial charge in [-0.3, -0.25) is 0 Å². The van der Waals surface area contributed by atoms with Gasteiger partial charge in [0, 0.05) is 6.04 Å². The third kappa shape index (κ3) is 3.62. The Kier molecular flexibility index (Phi) is 4.23. The van der Waals surface area contributed by atoms with Crippen molar-refractivity contribution < 1.29 is 13.2 Å². The first-order valence-electron chi connectivity index (χ1n) is 7.62. The molecule has 0 saturated heterocycles. The van der Waals surface area contributed by atoms with E-state index >= 15 is 0 Å². The van der Waals surface area contributed by atoms with Crippen LogP contribution in [0.2, 0.25) is 0 Å². The van der Waals surface area contributed by atoms with Crippen LogP contribution in [-0.4, -0.2) is 32.4 Å². The minimum atomic E-state index is -4.14. The zero-order valence-electron chi connectivity index (χ0n) is 12.7. The Balaban J connectivity index is 1.74. The highest BCUT2D eigenvalue weighted by atomic mass is 19.4. The molecule has 1 aliphatic carbocycles. The van der Waals surface area contributed by atoms with Gasteiger partial charge in [-0.1, -0.05) is 29.2 Å². The summed E-state index contributed by atoms with van der Waals surface area (Å²) >= 11 is 0. The topological polar surface area (TPSA) is 55.6 Å². The van der Waals surface area contributed by atoms with Gasteiger partial charge in [-0.15, -0.1) is 0 Å². The summed E-state index contributed by atoms with van der Waals surface area (Å²) < 4.78 is 40.2. The predicted octanol–water partition coefficient (Wildman–Crippen LogP) is 3.50. The quantitative estimate of drug-likeness (QED) is 0.938. The number of aryl methyl sites for hydroxylation is 1. The summed E-state index contributed by atoms with van der Waals surface area (Å²) in [6.07, 6.45) is -2.64. The molecule has 1 aromatic carbocycles. The number of anilines is 1. The molecule has 8 heteroatoms. The molecule has 1 saturated carbocycles. The fourth-order valence-electron chi connectivity index (χ4n) is 2.94. The number of nitrogens with zero attached hydrogens (tertiary/aromatic N) is 4. The molecule has 1 aliphatic rings.